The lowest BCUT2D eigenvalue weighted by atomic mass is 9.94. The third-order valence-electron chi connectivity index (χ3n) is 8.58. The molecule has 0 fully saturated rings. The Morgan fingerprint density at radius 2 is 1.59 bits per heavy atom. The van der Waals surface area contributed by atoms with Gasteiger partial charge in [-0.25, -0.2) is 9.80 Å². The monoisotopic (exact) mass is 698 g/mol. The lowest BCUT2D eigenvalue weighted by Gasteiger charge is -2.37. The fraction of sp³-hybridized carbons (Fsp3) is 0.385. The first-order valence-corrected chi connectivity index (χ1v) is 17.2. The Balaban J connectivity index is 1.62. The van der Waals surface area contributed by atoms with Gasteiger partial charge in [0, 0.05) is 51.4 Å². The number of pyridine rings is 1. The molecule has 4 N–H and O–H groups in total. The van der Waals surface area contributed by atoms with Crippen molar-refractivity contribution >= 4 is 28.7 Å². The fourth-order valence-corrected chi connectivity index (χ4v) is 6.09. The van der Waals surface area contributed by atoms with Crippen LogP contribution in [-0.4, -0.2) is 83.0 Å². The molecule has 4 rings (SSSR count). The molecule has 272 valence electrons. The smallest absolute Gasteiger partial charge is 0.329 e. The number of phenolic OH excluding ortho intramolecular Hbond substituents is 1. The summed E-state index contributed by atoms with van der Waals surface area (Å²) in [6.07, 6.45) is 1.14. The standard InChI is InChI=1S/C39H50N6O6/c1-7-50-38(51-8-2)28(5)45(24-31-17-12-16-30-18-13-19-40-36(30)31)37(48)34(22-33-26(3)20-32(46)21-27(33)4)42-35(47)25-44(6)43-39(49)41-23-29-14-10-9-11-15-29/h9-21,28,34,38,46H,7-8,22-25H2,1-6H3,(H,42,47)(H2,41,43,49)/t28-,34-/m0/s1. The second kappa shape index (κ2) is 18.8. The van der Waals surface area contributed by atoms with Crippen molar-refractivity contribution in [3.63, 3.8) is 0 Å². The van der Waals surface area contributed by atoms with E-state index < -0.39 is 30.3 Å². The Bertz CT molecular complexity index is 1740. The van der Waals surface area contributed by atoms with Gasteiger partial charge in [0.25, 0.3) is 0 Å². The Kier molecular flexibility index (Phi) is 14.3. The first-order chi connectivity index (χ1) is 24.5. The molecule has 0 saturated heterocycles. The van der Waals surface area contributed by atoms with E-state index in [2.05, 4.69) is 21.0 Å². The summed E-state index contributed by atoms with van der Waals surface area (Å²) in [5.74, 6) is -0.705. The molecule has 0 aliphatic heterocycles. The number of aryl methyl sites for hydroxylation is 2. The topological polar surface area (TPSA) is 145 Å². The number of para-hydroxylation sites is 1. The quantitative estimate of drug-likeness (QED) is 0.0914. The average molecular weight is 699 g/mol. The van der Waals surface area contributed by atoms with Crippen LogP contribution < -0.4 is 16.1 Å². The van der Waals surface area contributed by atoms with E-state index in [1.54, 1.807) is 30.3 Å². The minimum Gasteiger partial charge on any atom is -0.508 e. The summed E-state index contributed by atoms with van der Waals surface area (Å²) in [5.41, 5.74) is 7.57. The van der Waals surface area contributed by atoms with Gasteiger partial charge in [-0.05, 0) is 80.6 Å². The van der Waals surface area contributed by atoms with Crippen molar-refractivity contribution in [1.82, 2.24) is 31.0 Å². The Labute approximate surface area is 300 Å². The SMILES string of the molecule is CCOC(OCC)[C@H](C)N(Cc1cccc2cccnc12)C(=O)[C@H](Cc1c(C)cc(O)cc1C)NC(=O)CN(C)NC(=O)NCc1ccccc1. The number of aromatic hydroxyl groups is 1. The fourth-order valence-electron chi connectivity index (χ4n) is 6.09. The Morgan fingerprint density at radius 1 is 0.922 bits per heavy atom. The maximum absolute atomic E-state index is 14.9. The molecule has 4 aromatic rings. The van der Waals surface area contributed by atoms with Crippen molar-refractivity contribution in [2.75, 3.05) is 26.8 Å². The summed E-state index contributed by atoms with van der Waals surface area (Å²) in [6, 6.07) is 20.4. The number of fused-ring (bicyclic) bond motifs is 1. The van der Waals surface area contributed by atoms with Crippen LogP contribution in [0.2, 0.25) is 0 Å². The normalized spacial score (nSPS) is 12.5. The summed E-state index contributed by atoms with van der Waals surface area (Å²) in [6.45, 7) is 10.3. The van der Waals surface area contributed by atoms with Crippen LogP contribution in [0.4, 0.5) is 4.79 Å². The summed E-state index contributed by atoms with van der Waals surface area (Å²) < 4.78 is 11.9. The molecule has 1 aromatic heterocycles. The minimum absolute atomic E-state index is 0.119. The number of carbonyl (C=O) groups excluding carboxylic acids is 3. The highest BCUT2D eigenvalue weighted by atomic mass is 16.7. The number of likely N-dealkylation sites (N-methyl/N-ethyl adjacent to an activating group) is 1. The number of benzene rings is 3. The Morgan fingerprint density at radius 3 is 2.25 bits per heavy atom. The number of carbonyl (C=O) groups is 3. The van der Waals surface area contributed by atoms with Crippen LogP contribution >= 0.6 is 0 Å². The van der Waals surface area contributed by atoms with Gasteiger partial charge in [0.2, 0.25) is 11.8 Å². The van der Waals surface area contributed by atoms with Gasteiger partial charge in [-0.15, -0.1) is 0 Å². The van der Waals surface area contributed by atoms with Crippen LogP contribution in [0.3, 0.4) is 0 Å². The summed E-state index contributed by atoms with van der Waals surface area (Å²) in [5, 5.41) is 18.3. The van der Waals surface area contributed by atoms with E-state index in [4.69, 9.17) is 9.47 Å². The van der Waals surface area contributed by atoms with Crippen molar-refractivity contribution in [2.45, 2.75) is 72.5 Å². The largest absolute Gasteiger partial charge is 0.508 e. The Hall–Kier alpha value is -5.04. The molecule has 3 aromatic carbocycles. The van der Waals surface area contributed by atoms with Crippen LogP contribution in [0.15, 0.2) is 79.0 Å². The lowest BCUT2D eigenvalue weighted by molar-refractivity contribution is -0.179. The average Bonchev–Trinajstić information content (AvgIpc) is 3.10. The number of hydrogen-bond donors (Lipinski definition) is 4. The van der Waals surface area contributed by atoms with Crippen molar-refractivity contribution in [1.29, 1.82) is 0 Å². The molecule has 12 heteroatoms. The molecule has 0 unspecified atom stereocenters. The number of ether oxygens (including phenoxy) is 2. The maximum Gasteiger partial charge on any atom is 0.329 e. The van der Waals surface area contributed by atoms with Gasteiger partial charge >= 0.3 is 6.03 Å². The zero-order chi connectivity index (χ0) is 36.9. The molecular formula is C39H50N6O6. The van der Waals surface area contributed by atoms with Gasteiger partial charge in [-0.2, -0.15) is 0 Å². The molecule has 0 spiro atoms. The van der Waals surface area contributed by atoms with E-state index in [1.807, 2.05) is 95.3 Å². The third kappa shape index (κ3) is 11.0. The molecular weight excluding hydrogens is 648 g/mol. The summed E-state index contributed by atoms with van der Waals surface area (Å²) in [7, 11) is 1.57. The van der Waals surface area contributed by atoms with Crippen molar-refractivity contribution in [3.05, 3.63) is 107 Å². The van der Waals surface area contributed by atoms with Crippen LogP contribution in [0.1, 0.15) is 48.6 Å². The maximum atomic E-state index is 14.9. The van der Waals surface area contributed by atoms with Gasteiger partial charge in [-0.3, -0.25) is 20.0 Å². The van der Waals surface area contributed by atoms with E-state index in [9.17, 15) is 19.5 Å². The number of rotatable bonds is 17. The number of hydrogen-bond acceptors (Lipinski definition) is 8. The number of hydrazine groups is 1. The van der Waals surface area contributed by atoms with Gasteiger partial charge in [-0.1, -0.05) is 54.6 Å². The molecule has 0 radical (unpaired) electrons. The zero-order valence-electron chi connectivity index (χ0n) is 30.3. The molecule has 0 aliphatic rings. The number of urea groups is 1. The number of phenols is 1. The molecule has 51 heavy (non-hydrogen) atoms. The van der Waals surface area contributed by atoms with Crippen molar-refractivity contribution < 1.29 is 29.0 Å². The van der Waals surface area contributed by atoms with E-state index >= 15 is 0 Å². The van der Waals surface area contributed by atoms with Crippen molar-refractivity contribution in [2.24, 2.45) is 0 Å². The van der Waals surface area contributed by atoms with E-state index in [0.29, 0.717) is 19.8 Å². The van der Waals surface area contributed by atoms with Gasteiger partial charge in [0.05, 0.1) is 18.1 Å². The number of nitrogens with one attached hydrogen (secondary N) is 3. The highest BCUT2D eigenvalue weighted by Crippen LogP contribution is 2.25. The number of amides is 4. The molecule has 2 atom stereocenters. The second-order valence-electron chi connectivity index (χ2n) is 12.5. The first kappa shape index (κ1) is 38.8. The highest BCUT2D eigenvalue weighted by molar-refractivity contribution is 5.89. The first-order valence-electron chi connectivity index (χ1n) is 17.2. The van der Waals surface area contributed by atoms with Crippen LogP contribution in [-0.2, 0) is 38.6 Å². The van der Waals surface area contributed by atoms with E-state index in [0.717, 1.165) is 38.7 Å². The van der Waals surface area contributed by atoms with Crippen LogP contribution in [0, 0.1) is 13.8 Å². The third-order valence-corrected chi connectivity index (χ3v) is 8.58. The molecule has 4 amide bonds. The number of aromatic nitrogens is 1. The molecule has 0 saturated carbocycles. The van der Waals surface area contributed by atoms with Crippen molar-refractivity contribution in [3.8, 4) is 5.75 Å². The molecule has 0 bridgehead atoms. The predicted octanol–water partition coefficient (Wildman–Crippen LogP) is 4.75. The van der Waals surface area contributed by atoms with Gasteiger partial charge < -0.3 is 30.1 Å². The van der Waals surface area contributed by atoms with Gasteiger partial charge in [0.1, 0.15) is 11.8 Å². The second-order valence-corrected chi connectivity index (χ2v) is 12.5. The number of nitrogens with zero attached hydrogens (tertiary/aromatic N) is 3. The highest BCUT2D eigenvalue weighted by Gasteiger charge is 2.35. The van der Waals surface area contributed by atoms with Crippen LogP contribution in [0.25, 0.3) is 10.9 Å². The molecule has 0 aliphatic carbocycles. The van der Waals surface area contributed by atoms with E-state index in [1.165, 1.54) is 5.01 Å². The van der Waals surface area contributed by atoms with Crippen LogP contribution in [0.5, 0.6) is 5.75 Å². The van der Waals surface area contributed by atoms with E-state index in [-0.39, 0.29) is 31.2 Å². The lowest BCUT2D eigenvalue weighted by Crippen LogP contribution is -2.57. The van der Waals surface area contributed by atoms with Gasteiger partial charge in [0.15, 0.2) is 6.29 Å². The zero-order valence-corrected chi connectivity index (χ0v) is 30.3. The minimum atomic E-state index is -1.02. The predicted molar refractivity (Wildman–Crippen MR) is 196 cm³/mol. The summed E-state index contributed by atoms with van der Waals surface area (Å²) >= 11 is 0. The molecule has 12 nitrogen and oxygen atoms in total. The molecule has 1 heterocycles. The summed E-state index contributed by atoms with van der Waals surface area (Å²) in [4.78, 5) is 47.4.